The minimum absolute atomic E-state index is 0.0557. The van der Waals surface area contributed by atoms with Crippen LogP contribution < -0.4 is 14.7 Å². The van der Waals surface area contributed by atoms with Crippen LogP contribution in [-0.4, -0.2) is 59.6 Å². The Morgan fingerprint density at radius 2 is 1.62 bits per heavy atom. The molecule has 3 aliphatic heterocycles. The van der Waals surface area contributed by atoms with Gasteiger partial charge in [0.2, 0.25) is 17.7 Å². The highest BCUT2D eigenvalue weighted by molar-refractivity contribution is 9.10. The van der Waals surface area contributed by atoms with Crippen LogP contribution in [0.4, 0.5) is 11.4 Å². The first-order valence-electron chi connectivity index (χ1n) is 13.3. The molecule has 0 spiro atoms. The van der Waals surface area contributed by atoms with Crippen LogP contribution in [0.25, 0.3) is 0 Å². The Balaban J connectivity index is 1.43. The van der Waals surface area contributed by atoms with Crippen molar-refractivity contribution in [2.24, 2.45) is 5.92 Å². The number of thiazole rings is 1. The molecule has 40 heavy (non-hydrogen) atoms. The SMILES string of the molecule is CN(C)c1ccc([C@@H]2c3sc(=O)n(CC(=O)N4CCCCC4)c3S[C@H]3C(=O)N(c4ccc(Br)cc4)C(=O)[C@@H]23)cc1. The van der Waals surface area contributed by atoms with Gasteiger partial charge in [0.05, 0.1) is 16.6 Å². The number of amides is 3. The molecule has 0 N–H and O–H groups in total. The van der Waals surface area contributed by atoms with E-state index in [1.54, 1.807) is 12.1 Å². The normalized spacial score (nSPS) is 22.3. The summed E-state index contributed by atoms with van der Waals surface area (Å²) in [4.78, 5) is 60.0. The van der Waals surface area contributed by atoms with Gasteiger partial charge in [0.15, 0.2) is 0 Å². The lowest BCUT2D eigenvalue weighted by Crippen LogP contribution is -2.39. The van der Waals surface area contributed by atoms with Crippen LogP contribution in [0, 0.1) is 5.92 Å². The fourth-order valence-corrected chi connectivity index (χ4v) is 8.85. The first kappa shape index (κ1) is 27.3. The van der Waals surface area contributed by atoms with E-state index in [9.17, 15) is 19.2 Å². The Morgan fingerprint density at radius 1 is 0.950 bits per heavy atom. The van der Waals surface area contributed by atoms with Gasteiger partial charge in [-0.05, 0) is 61.2 Å². The van der Waals surface area contributed by atoms with Gasteiger partial charge in [-0.15, -0.1) is 0 Å². The van der Waals surface area contributed by atoms with Gasteiger partial charge in [-0.25, -0.2) is 4.90 Å². The quantitative estimate of drug-likeness (QED) is 0.381. The molecule has 3 aromatic rings. The van der Waals surface area contributed by atoms with Crippen LogP contribution in [0.2, 0.25) is 0 Å². The molecule has 0 saturated carbocycles. The Hall–Kier alpha value is -2.89. The molecule has 2 saturated heterocycles. The molecule has 0 unspecified atom stereocenters. The molecule has 8 nitrogen and oxygen atoms in total. The second-order valence-corrected chi connectivity index (χ2v) is 13.6. The summed E-state index contributed by atoms with van der Waals surface area (Å²) in [5.41, 5.74) is 2.40. The zero-order chi connectivity index (χ0) is 28.1. The summed E-state index contributed by atoms with van der Waals surface area (Å²) in [5, 5.41) is -0.0744. The monoisotopic (exact) mass is 640 g/mol. The summed E-state index contributed by atoms with van der Waals surface area (Å²) in [6.07, 6.45) is 3.04. The molecule has 3 amide bonds. The van der Waals surface area contributed by atoms with E-state index in [0.29, 0.717) is 23.8 Å². The Morgan fingerprint density at radius 3 is 2.27 bits per heavy atom. The number of rotatable bonds is 5. The van der Waals surface area contributed by atoms with E-state index in [1.807, 2.05) is 60.3 Å². The second kappa shape index (κ2) is 10.8. The predicted octanol–water partition coefficient (Wildman–Crippen LogP) is 4.55. The van der Waals surface area contributed by atoms with Crippen molar-refractivity contribution in [2.75, 3.05) is 37.0 Å². The first-order chi connectivity index (χ1) is 19.2. The van der Waals surface area contributed by atoms with Crippen LogP contribution in [0.1, 0.15) is 35.6 Å². The number of nitrogens with zero attached hydrogens (tertiary/aromatic N) is 4. The van der Waals surface area contributed by atoms with Gasteiger partial charge in [-0.2, -0.15) is 0 Å². The van der Waals surface area contributed by atoms with Crippen molar-refractivity contribution in [3.05, 3.63) is 73.1 Å². The number of carbonyl (C=O) groups is 3. The van der Waals surface area contributed by atoms with Crippen LogP contribution in [0.3, 0.4) is 0 Å². The molecular weight excluding hydrogens is 612 g/mol. The maximum Gasteiger partial charge on any atom is 0.308 e. The standard InChI is InChI=1S/C29H29BrN4O4S2/c1-31(2)19-10-6-17(7-11-19)22-23-24(27(37)34(26(23)36)20-12-8-18(30)9-13-20)39-28-25(22)40-29(38)33(28)16-21(35)32-14-4-3-5-15-32/h6-13,22-24H,3-5,14-16H2,1-2H3/t22-,23-,24+/m0/s1. The van der Waals surface area contributed by atoms with Gasteiger partial charge >= 0.3 is 4.87 Å². The number of carbonyl (C=O) groups excluding carboxylic acids is 3. The molecule has 3 aliphatic rings. The molecule has 3 atom stereocenters. The Labute approximate surface area is 249 Å². The van der Waals surface area contributed by atoms with Crippen molar-refractivity contribution in [2.45, 2.75) is 42.0 Å². The molecule has 4 heterocycles. The zero-order valence-corrected chi connectivity index (χ0v) is 25.4. The predicted molar refractivity (Wildman–Crippen MR) is 161 cm³/mol. The molecule has 1 aromatic heterocycles. The molecule has 208 valence electrons. The van der Waals surface area contributed by atoms with E-state index >= 15 is 0 Å². The van der Waals surface area contributed by atoms with Gasteiger partial charge in [0.1, 0.15) is 11.8 Å². The highest BCUT2D eigenvalue weighted by Gasteiger charge is 2.56. The lowest BCUT2D eigenvalue weighted by atomic mass is 9.83. The smallest absolute Gasteiger partial charge is 0.308 e. The minimum atomic E-state index is -0.701. The molecule has 0 aliphatic carbocycles. The van der Waals surface area contributed by atoms with Crippen LogP contribution in [0.15, 0.2) is 62.8 Å². The van der Waals surface area contributed by atoms with E-state index in [0.717, 1.165) is 51.2 Å². The van der Waals surface area contributed by atoms with Crippen LogP contribution in [-0.2, 0) is 20.9 Å². The average molecular weight is 642 g/mol. The number of benzene rings is 2. The Kier molecular flexibility index (Phi) is 7.39. The Bertz CT molecular complexity index is 1530. The number of halogens is 1. The van der Waals surface area contributed by atoms with Gasteiger partial charge in [0, 0.05) is 48.1 Å². The summed E-state index contributed by atoms with van der Waals surface area (Å²) in [7, 11) is 3.92. The minimum Gasteiger partial charge on any atom is -0.378 e. The number of fused-ring (bicyclic) bond motifs is 2. The van der Waals surface area contributed by atoms with Gasteiger partial charge in [-0.3, -0.25) is 23.7 Å². The summed E-state index contributed by atoms with van der Waals surface area (Å²) in [6, 6.07) is 15.1. The topological polar surface area (TPSA) is 82.9 Å². The largest absolute Gasteiger partial charge is 0.378 e. The number of thioether (sulfide) groups is 1. The third-order valence-corrected chi connectivity index (χ3v) is 11.0. The number of anilines is 2. The summed E-state index contributed by atoms with van der Waals surface area (Å²) in [6.45, 7) is 1.35. The number of aromatic nitrogens is 1. The number of piperidine rings is 1. The molecule has 0 radical (unpaired) electrons. The maximum absolute atomic E-state index is 14.0. The summed E-state index contributed by atoms with van der Waals surface area (Å²) >= 11 is 5.76. The van der Waals surface area contributed by atoms with E-state index in [4.69, 9.17) is 0 Å². The third kappa shape index (κ3) is 4.71. The second-order valence-electron chi connectivity index (χ2n) is 10.6. The van der Waals surface area contributed by atoms with Gasteiger partial charge < -0.3 is 9.80 Å². The molecule has 6 rings (SSSR count). The summed E-state index contributed by atoms with van der Waals surface area (Å²) in [5.74, 6) is -1.78. The van der Waals surface area contributed by atoms with E-state index in [2.05, 4.69) is 15.9 Å². The number of hydrogen-bond acceptors (Lipinski definition) is 7. The maximum atomic E-state index is 14.0. The van der Waals surface area contributed by atoms with Gasteiger partial charge in [0.25, 0.3) is 0 Å². The number of hydrogen-bond donors (Lipinski definition) is 0. The summed E-state index contributed by atoms with van der Waals surface area (Å²) < 4.78 is 2.38. The van der Waals surface area contributed by atoms with Crippen molar-refractivity contribution >= 4 is 68.1 Å². The van der Waals surface area contributed by atoms with Crippen LogP contribution >= 0.6 is 39.0 Å². The zero-order valence-electron chi connectivity index (χ0n) is 22.2. The first-order valence-corrected chi connectivity index (χ1v) is 15.8. The van der Waals surface area contributed by atoms with Crippen molar-refractivity contribution < 1.29 is 14.4 Å². The highest BCUT2D eigenvalue weighted by atomic mass is 79.9. The fourth-order valence-electron chi connectivity index (χ4n) is 5.82. The molecule has 11 heteroatoms. The molecule has 2 fully saturated rings. The number of imide groups is 1. The van der Waals surface area contributed by atoms with Crippen molar-refractivity contribution in [1.82, 2.24) is 9.47 Å². The van der Waals surface area contributed by atoms with Gasteiger partial charge in [-0.1, -0.05) is 51.2 Å². The average Bonchev–Trinajstić information content (AvgIpc) is 3.40. The van der Waals surface area contributed by atoms with E-state index < -0.39 is 17.1 Å². The van der Waals surface area contributed by atoms with Crippen molar-refractivity contribution in [1.29, 1.82) is 0 Å². The van der Waals surface area contributed by atoms with Crippen LogP contribution in [0.5, 0.6) is 0 Å². The van der Waals surface area contributed by atoms with Crippen molar-refractivity contribution in [3.63, 3.8) is 0 Å². The lowest BCUT2D eigenvalue weighted by molar-refractivity contribution is -0.133. The fraction of sp³-hybridized carbons (Fsp3) is 0.379. The van der Waals surface area contributed by atoms with Crippen molar-refractivity contribution in [3.8, 4) is 0 Å². The van der Waals surface area contributed by atoms with E-state index in [-0.39, 0.29) is 29.1 Å². The molecule has 2 aromatic carbocycles. The third-order valence-electron chi connectivity index (χ3n) is 7.90. The molecule has 0 bridgehead atoms. The molecular formula is C29H29BrN4O4S2. The highest BCUT2D eigenvalue weighted by Crippen LogP contribution is 2.54. The lowest BCUT2D eigenvalue weighted by Gasteiger charge is -2.31. The van der Waals surface area contributed by atoms with E-state index in [1.165, 1.54) is 21.2 Å². The number of likely N-dealkylation sites (tertiary alicyclic amines) is 1.